The van der Waals surface area contributed by atoms with Gasteiger partial charge in [0.05, 0.1) is 22.8 Å². The molecule has 0 bridgehead atoms. The number of benzene rings is 3. The minimum absolute atomic E-state index is 0.00774. The molecule has 2 aromatic heterocycles. The quantitative estimate of drug-likeness (QED) is 0.234. The average Bonchev–Trinajstić information content (AvgIpc) is 3.28. The molecule has 0 atom stereocenters. The van der Waals surface area contributed by atoms with E-state index in [1.54, 1.807) is 10.7 Å². The number of amides is 1. The third-order valence-corrected chi connectivity index (χ3v) is 6.66. The number of rotatable bonds is 8. The van der Waals surface area contributed by atoms with Crippen molar-refractivity contribution in [1.82, 2.24) is 19.9 Å². The second-order valence-corrected chi connectivity index (χ2v) is 9.61. The van der Waals surface area contributed by atoms with Gasteiger partial charge in [0.2, 0.25) is 5.91 Å². The number of anilines is 1. The predicted molar refractivity (Wildman–Crippen MR) is 147 cm³/mol. The fourth-order valence-electron chi connectivity index (χ4n) is 3.88. The van der Waals surface area contributed by atoms with Gasteiger partial charge in [0.25, 0.3) is 0 Å². The fraction of sp³-hybridized carbons (Fsp3) is 0.107. The van der Waals surface area contributed by atoms with Gasteiger partial charge in [0.15, 0.2) is 5.65 Å². The zero-order chi connectivity index (χ0) is 24.9. The molecule has 180 valence electrons. The number of carbonyl (C=O) groups excluding carboxylic acids is 1. The van der Waals surface area contributed by atoms with Crippen molar-refractivity contribution in [2.24, 2.45) is 0 Å². The second kappa shape index (κ2) is 10.9. The third kappa shape index (κ3) is 5.58. The lowest BCUT2D eigenvalue weighted by molar-refractivity contribution is -0.120. The van der Waals surface area contributed by atoms with E-state index in [4.69, 9.17) is 16.6 Å². The van der Waals surface area contributed by atoms with E-state index in [2.05, 4.69) is 43.8 Å². The monoisotopic (exact) mass is 559 g/mol. The molecule has 0 fully saturated rings. The summed E-state index contributed by atoms with van der Waals surface area (Å²) in [6.45, 7) is 1.09. The van der Waals surface area contributed by atoms with Gasteiger partial charge in [-0.25, -0.2) is 4.98 Å². The summed E-state index contributed by atoms with van der Waals surface area (Å²) < 4.78 is 2.57. The van der Waals surface area contributed by atoms with E-state index in [1.165, 1.54) is 0 Å². The highest BCUT2D eigenvalue weighted by atomic mass is 79.9. The van der Waals surface area contributed by atoms with Crippen molar-refractivity contribution in [3.05, 3.63) is 117 Å². The maximum Gasteiger partial charge on any atom is 0.224 e. The molecular weight excluding hydrogens is 538 g/mol. The van der Waals surface area contributed by atoms with Crippen molar-refractivity contribution in [3.8, 4) is 11.3 Å². The van der Waals surface area contributed by atoms with E-state index < -0.39 is 0 Å². The standard InChI is InChI=1S/C28H23BrClN5O/c29-23-18-33-35-26(15-25(34-28(23)35)22-8-4-5-9-24(22)30)31-16-20-10-12-21(13-11-20)17-32-27(36)14-19-6-2-1-3-7-19/h1-13,15,18,31H,14,16-17H2,(H,32,36). The van der Waals surface area contributed by atoms with Crippen LogP contribution in [0.2, 0.25) is 5.02 Å². The number of aromatic nitrogens is 3. The van der Waals surface area contributed by atoms with Crippen LogP contribution in [0.25, 0.3) is 16.9 Å². The molecule has 2 N–H and O–H groups in total. The molecule has 0 radical (unpaired) electrons. The summed E-state index contributed by atoms with van der Waals surface area (Å²) in [6, 6.07) is 27.5. The Labute approximate surface area is 222 Å². The Hall–Kier alpha value is -3.68. The second-order valence-electron chi connectivity index (χ2n) is 8.34. The topological polar surface area (TPSA) is 71.3 Å². The highest BCUT2D eigenvalue weighted by Crippen LogP contribution is 2.30. The first-order chi connectivity index (χ1) is 17.6. The van der Waals surface area contributed by atoms with Crippen LogP contribution >= 0.6 is 27.5 Å². The summed E-state index contributed by atoms with van der Waals surface area (Å²) >= 11 is 9.97. The predicted octanol–water partition coefficient (Wildman–Crippen LogP) is 6.28. The van der Waals surface area contributed by atoms with Crippen LogP contribution in [0.5, 0.6) is 0 Å². The van der Waals surface area contributed by atoms with Gasteiger partial charge < -0.3 is 10.6 Å². The van der Waals surface area contributed by atoms with Crippen LogP contribution in [0, 0.1) is 0 Å². The van der Waals surface area contributed by atoms with Crippen LogP contribution < -0.4 is 10.6 Å². The average molecular weight is 561 g/mol. The minimum atomic E-state index is 0.00774. The van der Waals surface area contributed by atoms with Gasteiger partial charge in [-0.2, -0.15) is 9.61 Å². The van der Waals surface area contributed by atoms with Crippen LogP contribution in [0.15, 0.2) is 95.6 Å². The minimum Gasteiger partial charge on any atom is -0.366 e. The highest BCUT2D eigenvalue weighted by Gasteiger charge is 2.13. The van der Waals surface area contributed by atoms with E-state index in [9.17, 15) is 4.79 Å². The Kier molecular flexibility index (Phi) is 7.30. The van der Waals surface area contributed by atoms with Gasteiger partial charge in [0.1, 0.15) is 5.82 Å². The van der Waals surface area contributed by atoms with E-state index in [-0.39, 0.29) is 5.91 Å². The fourth-order valence-corrected chi connectivity index (χ4v) is 4.46. The first-order valence-corrected chi connectivity index (χ1v) is 12.7. The Morgan fingerprint density at radius 2 is 1.58 bits per heavy atom. The molecule has 0 spiro atoms. The zero-order valence-electron chi connectivity index (χ0n) is 19.3. The molecule has 0 saturated carbocycles. The Morgan fingerprint density at radius 1 is 0.889 bits per heavy atom. The van der Waals surface area contributed by atoms with Gasteiger partial charge >= 0.3 is 0 Å². The molecule has 2 heterocycles. The number of fused-ring (bicyclic) bond motifs is 1. The van der Waals surface area contributed by atoms with Crippen LogP contribution in [-0.2, 0) is 24.3 Å². The van der Waals surface area contributed by atoms with Crippen LogP contribution in [0.4, 0.5) is 5.82 Å². The van der Waals surface area contributed by atoms with Crippen molar-refractivity contribution in [2.45, 2.75) is 19.5 Å². The van der Waals surface area contributed by atoms with E-state index in [0.29, 0.717) is 30.2 Å². The molecule has 5 aromatic rings. The van der Waals surface area contributed by atoms with E-state index in [0.717, 1.165) is 38.2 Å². The smallest absolute Gasteiger partial charge is 0.224 e. The number of carbonyl (C=O) groups is 1. The molecule has 8 heteroatoms. The first-order valence-electron chi connectivity index (χ1n) is 11.5. The highest BCUT2D eigenvalue weighted by molar-refractivity contribution is 9.10. The Morgan fingerprint density at radius 3 is 2.33 bits per heavy atom. The maximum absolute atomic E-state index is 12.2. The van der Waals surface area contributed by atoms with E-state index in [1.807, 2.05) is 72.8 Å². The molecule has 36 heavy (non-hydrogen) atoms. The number of halogens is 2. The van der Waals surface area contributed by atoms with Gasteiger partial charge in [-0.3, -0.25) is 4.79 Å². The van der Waals surface area contributed by atoms with Crippen molar-refractivity contribution in [1.29, 1.82) is 0 Å². The largest absolute Gasteiger partial charge is 0.366 e. The van der Waals surface area contributed by atoms with Crippen molar-refractivity contribution in [3.63, 3.8) is 0 Å². The Balaban J connectivity index is 1.25. The summed E-state index contributed by atoms with van der Waals surface area (Å²) in [5.74, 6) is 0.811. The van der Waals surface area contributed by atoms with Crippen molar-refractivity contribution in [2.75, 3.05) is 5.32 Å². The van der Waals surface area contributed by atoms with Gasteiger partial charge in [-0.1, -0.05) is 84.4 Å². The number of hydrogen-bond donors (Lipinski definition) is 2. The summed E-state index contributed by atoms with van der Waals surface area (Å²) in [7, 11) is 0. The number of nitrogens with zero attached hydrogens (tertiary/aromatic N) is 3. The first kappa shape index (κ1) is 24.0. The SMILES string of the molecule is O=C(Cc1ccccc1)NCc1ccc(CNc2cc(-c3ccccc3Cl)nc3c(Br)cnn23)cc1. The lowest BCUT2D eigenvalue weighted by Crippen LogP contribution is -2.24. The van der Waals surface area contributed by atoms with Gasteiger partial charge in [0, 0.05) is 29.7 Å². The molecule has 0 aliphatic carbocycles. The lowest BCUT2D eigenvalue weighted by Gasteiger charge is -2.12. The molecule has 0 aliphatic heterocycles. The van der Waals surface area contributed by atoms with Crippen LogP contribution in [0.3, 0.4) is 0 Å². The summed E-state index contributed by atoms with van der Waals surface area (Å²) in [5.41, 5.74) is 5.48. The molecule has 5 rings (SSSR count). The molecular formula is C28H23BrClN5O. The van der Waals surface area contributed by atoms with Crippen molar-refractivity contribution >= 4 is 44.9 Å². The summed E-state index contributed by atoms with van der Waals surface area (Å²) in [4.78, 5) is 17.0. The van der Waals surface area contributed by atoms with Crippen LogP contribution in [0.1, 0.15) is 16.7 Å². The zero-order valence-corrected chi connectivity index (χ0v) is 21.6. The lowest BCUT2D eigenvalue weighted by atomic mass is 10.1. The molecule has 3 aromatic carbocycles. The number of nitrogens with one attached hydrogen (secondary N) is 2. The normalized spacial score (nSPS) is 10.9. The van der Waals surface area contributed by atoms with Crippen molar-refractivity contribution < 1.29 is 4.79 Å². The Bertz CT molecular complexity index is 1500. The van der Waals surface area contributed by atoms with Gasteiger partial charge in [-0.05, 0) is 38.7 Å². The van der Waals surface area contributed by atoms with Crippen LogP contribution in [-0.4, -0.2) is 20.5 Å². The maximum atomic E-state index is 12.2. The van der Waals surface area contributed by atoms with E-state index >= 15 is 0 Å². The summed E-state index contributed by atoms with van der Waals surface area (Å²) in [6.07, 6.45) is 2.10. The molecule has 1 amide bonds. The molecule has 0 aliphatic rings. The van der Waals surface area contributed by atoms with Gasteiger partial charge in [-0.15, -0.1) is 0 Å². The molecule has 0 unspecified atom stereocenters. The summed E-state index contributed by atoms with van der Waals surface area (Å²) in [5, 5.41) is 11.5. The number of hydrogen-bond acceptors (Lipinski definition) is 4. The molecule has 6 nitrogen and oxygen atoms in total. The molecule has 0 saturated heterocycles. The third-order valence-electron chi connectivity index (χ3n) is 5.77.